The number of halogens is 2. The maximum absolute atomic E-state index is 12.6. The lowest BCUT2D eigenvalue weighted by Crippen LogP contribution is -2.51. The van der Waals surface area contributed by atoms with Gasteiger partial charge in [0.2, 0.25) is 0 Å². The molecule has 1 amide bonds. The van der Waals surface area contributed by atoms with Crippen LogP contribution in [0.4, 0.5) is 0 Å². The molecule has 1 atom stereocenters. The average Bonchev–Trinajstić information content (AvgIpc) is 2.98. The van der Waals surface area contributed by atoms with Crippen LogP contribution in [-0.4, -0.2) is 41.5 Å². The fraction of sp³-hybridized carbons (Fsp3) is 0.412. The summed E-state index contributed by atoms with van der Waals surface area (Å²) >= 11 is 1.61. The van der Waals surface area contributed by atoms with E-state index in [0.717, 1.165) is 30.3 Å². The third-order valence-corrected chi connectivity index (χ3v) is 4.61. The molecule has 1 unspecified atom stereocenters. The summed E-state index contributed by atoms with van der Waals surface area (Å²) in [6.07, 6.45) is 0. The molecule has 1 aliphatic heterocycles. The summed E-state index contributed by atoms with van der Waals surface area (Å²) in [5.41, 5.74) is 1.59. The lowest BCUT2D eigenvalue weighted by Gasteiger charge is -2.32. The van der Waals surface area contributed by atoms with Crippen LogP contribution < -0.4 is 10.1 Å². The number of nitrogens with one attached hydrogen (secondary N) is 1. The topological polar surface area (TPSA) is 54.5 Å². The molecule has 1 N–H and O–H groups in total. The summed E-state index contributed by atoms with van der Waals surface area (Å²) in [6.45, 7) is 6.81. The Morgan fingerprint density at radius 3 is 2.92 bits per heavy atom. The molecule has 2 aromatic rings. The fourth-order valence-corrected chi connectivity index (χ4v) is 3.25. The largest absolute Gasteiger partial charge is 0.487 e. The van der Waals surface area contributed by atoms with Crippen molar-refractivity contribution in [2.24, 2.45) is 0 Å². The van der Waals surface area contributed by atoms with E-state index in [1.54, 1.807) is 11.3 Å². The van der Waals surface area contributed by atoms with Crippen LogP contribution in [0, 0.1) is 6.92 Å². The number of rotatable bonds is 4. The van der Waals surface area contributed by atoms with Gasteiger partial charge in [-0.15, -0.1) is 36.2 Å². The van der Waals surface area contributed by atoms with Crippen LogP contribution >= 0.6 is 36.2 Å². The number of carbonyl (C=O) groups excluding carboxylic acids is 1. The molecule has 8 heteroatoms. The molecule has 1 aromatic heterocycles. The first-order valence-electron chi connectivity index (χ1n) is 7.78. The van der Waals surface area contributed by atoms with Crippen LogP contribution in [-0.2, 0) is 6.61 Å². The SMILES string of the molecule is Cc1nc(COc2cccc(C(=O)N3CCNC(C)C3)c2)cs1.Cl.Cl. The van der Waals surface area contributed by atoms with E-state index in [4.69, 9.17) is 4.74 Å². The molecule has 1 aromatic carbocycles. The molecule has 0 saturated carbocycles. The minimum absolute atomic E-state index is 0. The smallest absolute Gasteiger partial charge is 0.254 e. The van der Waals surface area contributed by atoms with Gasteiger partial charge in [-0.3, -0.25) is 4.79 Å². The summed E-state index contributed by atoms with van der Waals surface area (Å²) in [7, 11) is 0. The highest BCUT2D eigenvalue weighted by atomic mass is 35.5. The normalized spacial score (nSPS) is 16.6. The standard InChI is InChI=1S/C17H21N3O2S.2ClH/c1-12-9-20(7-6-18-12)17(21)14-4-3-5-16(8-14)22-10-15-11-23-13(2)19-15;;/h3-5,8,11-12,18H,6-7,9-10H2,1-2H3;2*1H. The number of carbonyl (C=O) groups is 1. The van der Waals surface area contributed by atoms with Crippen molar-refractivity contribution in [1.82, 2.24) is 15.2 Å². The van der Waals surface area contributed by atoms with Gasteiger partial charge in [0, 0.05) is 36.6 Å². The highest BCUT2D eigenvalue weighted by Crippen LogP contribution is 2.18. The van der Waals surface area contributed by atoms with Crippen LogP contribution in [0.3, 0.4) is 0 Å². The highest BCUT2D eigenvalue weighted by molar-refractivity contribution is 7.09. The number of ether oxygens (including phenoxy) is 1. The monoisotopic (exact) mass is 403 g/mol. The minimum atomic E-state index is 0. The summed E-state index contributed by atoms with van der Waals surface area (Å²) in [4.78, 5) is 18.9. The summed E-state index contributed by atoms with van der Waals surface area (Å²) < 4.78 is 5.77. The Morgan fingerprint density at radius 2 is 2.24 bits per heavy atom. The second-order valence-corrected chi connectivity index (χ2v) is 6.84. The number of hydrogen-bond acceptors (Lipinski definition) is 5. The first-order valence-corrected chi connectivity index (χ1v) is 8.66. The van der Waals surface area contributed by atoms with Crippen molar-refractivity contribution in [3.8, 4) is 5.75 Å². The number of aryl methyl sites for hydroxylation is 1. The van der Waals surface area contributed by atoms with Gasteiger partial charge in [0.15, 0.2) is 0 Å². The molecular formula is C17H23Cl2N3O2S. The van der Waals surface area contributed by atoms with Crippen LogP contribution in [0.15, 0.2) is 29.6 Å². The van der Waals surface area contributed by atoms with E-state index in [9.17, 15) is 4.79 Å². The Kier molecular flexibility index (Phi) is 8.65. The summed E-state index contributed by atoms with van der Waals surface area (Å²) in [5.74, 6) is 0.762. The second-order valence-electron chi connectivity index (χ2n) is 5.78. The molecule has 3 rings (SSSR count). The van der Waals surface area contributed by atoms with Gasteiger partial charge in [0.1, 0.15) is 12.4 Å². The quantitative estimate of drug-likeness (QED) is 0.850. The molecule has 0 spiro atoms. The first kappa shape index (κ1) is 21.7. The third kappa shape index (κ3) is 5.85. The van der Waals surface area contributed by atoms with Gasteiger partial charge in [-0.2, -0.15) is 0 Å². The number of aromatic nitrogens is 1. The summed E-state index contributed by atoms with van der Waals surface area (Å²) in [5, 5.41) is 6.37. The van der Waals surface area contributed by atoms with Crippen molar-refractivity contribution in [1.29, 1.82) is 0 Å². The van der Waals surface area contributed by atoms with Gasteiger partial charge < -0.3 is 15.0 Å². The van der Waals surface area contributed by atoms with Gasteiger partial charge in [-0.1, -0.05) is 6.07 Å². The van der Waals surface area contributed by atoms with Crippen molar-refractivity contribution in [3.63, 3.8) is 0 Å². The third-order valence-electron chi connectivity index (χ3n) is 3.79. The van der Waals surface area contributed by atoms with Crippen LogP contribution in [0.5, 0.6) is 5.75 Å². The lowest BCUT2D eigenvalue weighted by atomic mass is 10.1. The zero-order valence-electron chi connectivity index (χ0n) is 14.2. The van der Waals surface area contributed by atoms with Gasteiger partial charge in [-0.25, -0.2) is 4.98 Å². The molecule has 0 radical (unpaired) electrons. The maximum atomic E-state index is 12.6. The Labute approximate surface area is 164 Å². The lowest BCUT2D eigenvalue weighted by molar-refractivity contribution is 0.0708. The molecule has 0 bridgehead atoms. The maximum Gasteiger partial charge on any atom is 0.254 e. The molecule has 138 valence electrons. The van der Waals surface area contributed by atoms with Gasteiger partial charge >= 0.3 is 0 Å². The van der Waals surface area contributed by atoms with Crippen molar-refractivity contribution in [2.45, 2.75) is 26.5 Å². The van der Waals surface area contributed by atoms with Crippen LogP contribution in [0.2, 0.25) is 0 Å². The van der Waals surface area contributed by atoms with Gasteiger partial charge in [-0.05, 0) is 32.0 Å². The number of piperazine rings is 1. The molecule has 5 nitrogen and oxygen atoms in total. The zero-order valence-corrected chi connectivity index (χ0v) is 16.7. The molecular weight excluding hydrogens is 381 g/mol. The van der Waals surface area contributed by atoms with E-state index in [-0.39, 0.29) is 30.7 Å². The Balaban J connectivity index is 0.00000156. The highest BCUT2D eigenvalue weighted by Gasteiger charge is 2.21. The first-order chi connectivity index (χ1) is 11.1. The van der Waals surface area contributed by atoms with Crippen LogP contribution in [0.25, 0.3) is 0 Å². The average molecular weight is 404 g/mol. The van der Waals surface area contributed by atoms with Gasteiger partial charge in [0.25, 0.3) is 5.91 Å². The molecule has 25 heavy (non-hydrogen) atoms. The number of nitrogens with zero attached hydrogens (tertiary/aromatic N) is 2. The van der Waals surface area contributed by atoms with E-state index >= 15 is 0 Å². The molecule has 1 fully saturated rings. The zero-order chi connectivity index (χ0) is 16.2. The summed E-state index contributed by atoms with van der Waals surface area (Å²) in [6, 6.07) is 7.72. The number of benzene rings is 1. The van der Waals surface area contributed by atoms with Crippen LogP contribution in [0.1, 0.15) is 28.0 Å². The van der Waals surface area contributed by atoms with E-state index < -0.39 is 0 Å². The minimum Gasteiger partial charge on any atom is -0.487 e. The Bertz CT molecular complexity index is 696. The molecule has 1 aliphatic rings. The molecule has 1 saturated heterocycles. The van der Waals surface area contributed by atoms with Crippen molar-refractivity contribution in [3.05, 3.63) is 45.9 Å². The number of amides is 1. The second kappa shape index (κ2) is 9.97. The molecule has 2 heterocycles. The van der Waals surface area contributed by atoms with E-state index in [1.165, 1.54) is 0 Å². The Hall–Kier alpha value is -1.34. The van der Waals surface area contributed by atoms with E-state index in [2.05, 4.69) is 17.2 Å². The van der Waals surface area contributed by atoms with Crippen molar-refractivity contribution >= 4 is 42.1 Å². The number of hydrogen-bond donors (Lipinski definition) is 1. The molecule has 0 aliphatic carbocycles. The fourth-order valence-electron chi connectivity index (χ4n) is 2.65. The van der Waals surface area contributed by atoms with Gasteiger partial charge in [0.05, 0.1) is 10.7 Å². The van der Waals surface area contributed by atoms with Crippen molar-refractivity contribution in [2.75, 3.05) is 19.6 Å². The van der Waals surface area contributed by atoms with Crippen molar-refractivity contribution < 1.29 is 9.53 Å². The predicted molar refractivity (Wildman–Crippen MR) is 105 cm³/mol. The van der Waals surface area contributed by atoms with E-state index in [1.807, 2.05) is 41.5 Å². The number of thiazole rings is 1. The Morgan fingerprint density at radius 1 is 1.44 bits per heavy atom. The van der Waals surface area contributed by atoms with E-state index in [0.29, 0.717) is 24.0 Å². The predicted octanol–water partition coefficient (Wildman–Crippen LogP) is 3.31.